The van der Waals surface area contributed by atoms with Crippen LogP contribution in [0, 0.1) is 0 Å². The second-order valence-corrected chi connectivity index (χ2v) is 7.40. The molecule has 0 aliphatic carbocycles. The van der Waals surface area contributed by atoms with Crippen molar-refractivity contribution in [3.8, 4) is 22.5 Å². The lowest BCUT2D eigenvalue weighted by atomic mass is 9.94. The molecule has 0 saturated carbocycles. The summed E-state index contributed by atoms with van der Waals surface area (Å²) in [5, 5.41) is 4.83. The number of benzene rings is 2. The van der Waals surface area contributed by atoms with Gasteiger partial charge < -0.3 is 5.32 Å². The predicted octanol–water partition coefficient (Wildman–Crippen LogP) is 5.58. The number of piperidine rings is 1. The third kappa shape index (κ3) is 3.75. The van der Waals surface area contributed by atoms with Crippen molar-refractivity contribution in [3.05, 3.63) is 70.5 Å². The quantitative estimate of drug-likeness (QED) is 0.640. The van der Waals surface area contributed by atoms with Gasteiger partial charge in [-0.15, -0.1) is 0 Å². The molecule has 3 nitrogen and oxygen atoms in total. The molecule has 4 rings (SSSR count). The van der Waals surface area contributed by atoms with Gasteiger partial charge in [-0.25, -0.2) is 4.98 Å². The van der Waals surface area contributed by atoms with E-state index in [1.807, 2.05) is 54.7 Å². The van der Waals surface area contributed by atoms with Gasteiger partial charge in [0, 0.05) is 33.3 Å². The fourth-order valence-electron chi connectivity index (χ4n) is 3.35. The molecule has 1 aromatic heterocycles. The third-order valence-corrected chi connectivity index (χ3v) is 5.29. The average molecular weight is 384 g/mol. The summed E-state index contributed by atoms with van der Waals surface area (Å²) in [4.78, 5) is 9.82. The molecule has 2 aromatic carbocycles. The smallest absolute Gasteiger partial charge is 0.0968 e. The molecule has 5 heteroatoms. The lowest BCUT2D eigenvalue weighted by Crippen LogP contribution is -2.27. The molecule has 0 unspecified atom stereocenters. The summed E-state index contributed by atoms with van der Waals surface area (Å²) in [6.45, 7) is 2.06. The Bertz CT molecular complexity index is 886. The highest BCUT2D eigenvalue weighted by atomic mass is 35.5. The maximum absolute atomic E-state index is 6.07. The second-order valence-electron chi connectivity index (χ2n) is 6.53. The van der Waals surface area contributed by atoms with Crippen LogP contribution in [0.2, 0.25) is 10.0 Å². The van der Waals surface area contributed by atoms with Gasteiger partial charge in [0.15, 0.2) is 0 Å². The van der Waals surface area contributed by atoms with Crippen molar-refractivity contribution in [1.29, 1.82) is 0 Å². The first-order chi connectivity index (χ1) is 12.7. The zero-order chi connectivity index (χ0) is 17.9. The van der Waals surface area contributed by atoms with Gasteiger partial charge in [-0.2, -0.15) is 0 Å². The summed E-state index contributed by atoms with van der Waals surface area (Å²) < 4.78 is 0. The Morgan fingerprint density at radius 3 is 1.88 bits per heavy atom. The molecule has 132 valence electrons. The highest BCUT2D eigenvalue weighted by molar-refractivity contribution is 6.31. The molecule has 2 heterocycles. The van der Waals surface area contributed by atoms with Crippen LogP contribution in [0.25, 0.3) is 22.5 Å². The van der Waals surface area contributed by atoms with Gasteiger partial charge in [0.2, 0.25) is 0 Å². The zero-order valence-corrected chi connectivity index (χ0v) is 15.8. The molecule has 1 aliphatic rings. The Labute approximate surface area is 163 Å². The van der Waals surface area contributed by atoms with Crippen molar-refractivity contribution in [2.45, 2.75) is 18.8 Å². The van der Waals surface area contributed by atoms with Crippen LogP contribution in [0.5, 0.6) is 0 Å². The number of rotatable bonds is 3. The van der Waals surface area contributed by atoms with Gasteiger partial charge in [-0.1, -0.05) is 47.5 Å². The van der Waals surface area contributed by atoms with E-state index in [0.29, 0.717) is 16.0 Å². The Morgan fingerprint density at radius 2 is 1.31 bits per heavy atom. The van der Waals surface area contributed by atoms with Gasteiger partial charge in [-0.3, -0.25) is 4.98 Å². The first-order valence-electron chi connectivity index (χ1n) is 8.80. The first-order valence-corrected chi connectivity index (χ1v) is 9.56. The van der Waals surface area contributed by atoms with Crippen molar-refractivity contribution >= 4 is 23.2 Å². The largest absolute Gasteiger partial charge is 0.317 e. The molecular formula is C21H19Cl2N3. The molecule has 1 aliphatic heterocycles. The molecule has 0 bridgehead atoms. The first kappa shape index (κ1) is 17.5. The van der Waals surface area contributed by atoms with Crippen molar-refractivity contribution in [1.82, 2.24) is 15.3 Å². The fraction of sp³-hybridized carbons (Fsp3) is 0.238. The number of nitrogens with zero attached hydrogens (tertiary/aromatic N) is 2. The van der Waals surface area contributed by atoms with E-state index in [1.54, 1.807) is 0 Å². The van der Waals surface area contributed by atoms with E-state index >= 15 is 0 Å². The highest BCUT2D eigenvalue weighted by Crippen LogP contribution is 2.33. The van der Waals surface area contributed by atoms with Crippen LogP contribution >= 0.6 is 23.2 Å². The maximum Gasteiger partial charge on any atom is 0.0968 e. The lowest BCUT2D eigenvalue weighted by Gasteiger charge is -2.23. The summed E-state index contributed by atoms with van der Waals surface area (Å²) >= 11 is 12.1. The Hall–Kier alpha value is -1.94. The van der Waals surface area contributed by atoms with Crippen LogP contribution in [0.1, 0.15) is 24.5 Å². The molecule has 0 radical (unpaired) electrons. The Kier molecular flexibility index (Phi) is 5.21. The third-order valence-electron chi connectivity index (χ3n) is 4.78. The molecule has 3 aromatic rings. The molecule has 0 atom stereocenters. The summed E-state index contributed by atoms with van der Waals surface area (Å²) in [6.07, 6.45) is 4.11. The van der Waals surface area contributed by atoms with Gasteiger partial charge in [0.05, 0.1) is 17.1 Å². The van der Waals surface area contributed by atoms with Crippen LogP contribution in [-0.4, -0.2) is 23.1 Å². The molecule has 1 fully saturated rings. The van der Waals surface area contributed by atoms with Crippen molar-refractivity contribution in [2.24, 2.45) is 0 Å². The summed E-state index contributed by atoms with van der Waals surface area (Å²) in [6, 6.07) is 15.5. The van der Waals surface area contributed by atoms with Gasteiger partial charge in [-0.05, 0) is 50.2 Å². The van der Waals surface area contributed by atoms with E-state index in [-0.39, 0.29) is 0 Å². The average Bonchev–Trinajstić information content (AvgIpc) is 2.70. The van der Waals surface area contributed by atoms with Crippen LogP contribution in [0.4, 0.5) is 0 Å². The number of halogens is 2. The SMILES string of the molecule is Clc1ccc(-c2ncc(C3CCNCC3)nc2-c2ccc(Cl)cc2)cc1. The molecule has 26 heavy (non-hydrogen) atoms. The van der Waals surface area contributed by atoms with Crippen LogP contribution in [-0.2, 0) is 0 Å². The van der Waals surface area contributed by atoms with Crippen molar-refractivity contribution < 1.29 is 0 Å². The Balaban J connectivity index is 1.82. The fourth-order valence-corrected chi connectivity index (χ4v) is 3.60. The maximum atomic E-state index is 6.07. The van der Waals surface area contributed by atoms with Crippen molar-refractivity contribution in [3.63, 3.8) is 0 Å². The van der Waals surface area contributed by atoms with Crippen LogP contribution in [0.15, 0.2) is 54.7 Å². The molecule has 1 N–H and O–H groups in total. The predicted molar refractivity (Wildman–Crippen MR) is 108 cm³/mol. The number of hydrogen-bond acceptors (Lipinski definition) is 3. The Morgan fingerprint density at radius 1 is 0.769 bits per heavy atom. The van der Waals surface area contributed by atoms with E-state index in [2.05, 4.69) is 5.32 Å². The minimum atomic E-state index is 0.453. The molecule has 1 saturated heterocycles. The van der Waals surface area contributed by atoms with Crippen LogP contribution in [0.3, 0.4) is 0 Å². The van der Waals surface area contributed by atoms with E-state index in [4.69, 9.17) is 33.2 Å². The van der Waals surface area contributed by atoms with E-state index in [0.717, 1.165) is 54.1 Å². The summed E-state index contributed by atoms with van der Waals surface area (Å²) in [7, 11) is 0. The standard InChI is InChI=1S/C21H19Cl2N3/c22-17-5-1-15(2-6-17)20-21(16-3-7-18(23)8-4-16)26-19(13-25-20)14-9-11-24-12-10-14/h1-8,13-14,24H,9-12H2. The minimum absolute atomic E-state index is 0.453. The van der Waals surface area contributed by atoms with E-state index in [9.17, 15) is 0 Å². The second kappa shape index (κ2) is 7.75. The molecule has 0 spiro atoms. The topological polar surface area (TPSA) is 37.8 Å². The van der Waals surface area contributed by atoms with E-state index < -0.39 is 0 Å². The highest BCUT2D eigenvalue weighted by Gasteiger charge is 2.20. The molecular weight excluding hydrogens is 365 g/mol. The summed E-state index contributed by atoms with van der Waals surface area (Å²) in [5.74, 6) is 0.453. The van der Waals surface area contributed by atoms with Gasteiger partial charge >= 0.3 is 0 Å². The van der Waals surface area contributed by atoms with Crippen molar-refractivity contribution in [2.75, 3.05) is 13.1 Å². The number of aromatic nitrogens is 2. The normalized spacial score (nSPS) is 15.2. The van der Waals surface area contributed by atoms with Crippen LogP contribution < -0.4 is 5.32 Å². The monoisotopic (exact) mass is 383 g/mol. The lowest BCUT2D eigenvalue weighted by molar-refractivity contribution is 0.452. The minimum Gasteiger partial charge on any atom is -0.317 e. The van der Waals surface area contributed by atoms with Gasteiger partial charge in [0.1, 0.15) is 0 Å². The number of nitrogens with one attached hydrogen (secondary N) is 1. The zero-order valence-electron chi connectivity index (χ0n) is 14.3. The summed E-state index contributed by atoms with van der Waals surface area (Å²) in [5.41, 5.74) is 4.84. The van der Waals surface area contributed by atoms with E-state index in [1.165, 1.54) is 0 Å². The number of hydrogen-bond donors (Lipinski definition) is 1. The molecule has 0 amide bonds. The van der Waals surface area contributed by atoms with Gasteiger partial charge in [0.25, 0.3) is 0 Å².